The average molecular weight is 386 g/mol. The molecule has 1 rings (SSSR count). The number of ether oxygens (including phenoxy) is 3. The molecule has 124 valence electrons. The summed E-state index contributed by atoms with van der Waals surface area (Å²) in [5.41, 5.74) is 0.658. The van der Waals surface area contributed by atoms with Crippen molar-refractivity contribution in [3.63, 3.8) is 0 Å². The number of imide groups is 1. The number of alkyl carbamates (subject to hydrolysis) is 1. The fourth-order valence-electron chi connectivity index (χ4n) is 1.51. The van der Waals surface area contributed by atoms with Crippen LogP contribution in [0.3, 0.4) is 0 Å². The Morgan fingerprint density at radius 2 is 1.96 bits per heavy atom. The van der Waals surface area contributed by atoms with Crippen molar-refractivity contribution < 1.29 is 28.6 Å². The number of halogens is 1. The van der Waals surface area contributed by atoms with E-state index >= 15 is 0 Å². The molecule has 1 aromatic rings. The third-order valence-electron chi connectivity index (χ3n) is 2.66. The van der Waals surface area contributed by atoms with Crippen molar-refractivity contribution in [1.82, 2.24) is 5.32 Å². The number of esters is 1. The lowest BCUT2D eigenvalue weighted by molar-refractivity contribution is -0.149. The minimum Gasteiger partial charge on any atom is -0.496 e. The number of hydrogen-bond acceptors (Lipinski definition) is 6. The first kappa shape index (κ1) is 18.7. The van der Waals surface area contributed by atoms with E-state index in [9.17, 15) is 14.4 Å². The third-order valence-corrected chi connectivity index (χ3v) is 3.16. The Kier molecular flexibility index (Phi) is 7.27. The minimum absolute atomic E-state index is 0.578. The summed E-state index contributed by atoms with van der Waals surface area (Å²) < 4.78 is 15.1. The van der Waals surface area contributed by atoms with E-state index in [1.54, 1.807) is 18.2 Å². The molecule has 0 heterocycles. The zero-order valence-electron chi connectivity index (χ0n) is 12.8. The fraction of sp³-hybridized carbons (Fsp3) is 0.267. The van der Waals surface area contributed by atoms with E-state index in [1.807, 2.05) is 5.32 Å². The predicted octanol–water partition coefficient (Wildman–Crippen LogP) is 2.29. The number of amides is 2. The van der Waals surface area contributed by atoms with Gasteiger partial charge in [0.05, 0.1) is 14.2 Å². The van der Waals surface area contributed by atoms with E-state index in [-0.39, 0.29) is 0 Å². The predicted molar refractivity (Wildman–Crippen MR) is 85.8 cm³/mol. The quantitative estimate of drug-likeness (QED) is 0.617. The van der Waals surface area contributed by atoms with Gasteiger partial charge in [0, 0.05) is 16.1 Å². The maximum atomic E-state index is 11.7. The second-order valence-corrected chi connectivity index (χ2v) is 5.20. The van der Waals surface area contributed by atoms with Gasteiger partial charge in [0.2, 0.25) is 0 Å². The smallest absolute Gasteiger partial charge is 0.413 e. The molecule has 0 bridgehead atoms. The van der Waals surface area contributed by atoms with Crippen LogP contribution in [0.5, 0.6) is 5.75 Å². The second kappa shape index (κ2) is 8.94. The summed E-state index contributed by atoms with van der Waals surface area (Å²) in [6.07, 6.45) is 0.589. The highest BCUT2D eigenvalue weighted by Gasteiger charge is 2.19. The van der Waals surface area contributed by atoms with Gasteiger partial charge in [-0.3, -0.25) is 10.1 Å². The zero-order chi connectivity index (χ0) is 17.4. The van der Waals surface area contributed by atoms with Crippen molar-refractivity contribution in [3.05, 3.63) is 34.3 Å². The normalized spacial score (nSPS) is 11.7. The molecule has 0 aromatic heterocycles. The Morgan fingerprint density at radius 1 is 1.26 bits per heavy atom. The molecule has 7 nitrogen and oxygen atoms in total. The van der Waals surface area contributed by atoms with Crippen molar-refractivity contribution in [2.45, 2.75) is 13.0 Å². The van der Waals surface area contributed by atoms with Gasteiger partial charge in [-0.1, -0.05) is 15.9 Å². The maximum absolute atomic E-state index is 11.7. The van der Waals surface area contributed by atoms with Crippen LogP contribution in [0.2, 0.25) is 0 Å². The number of benzene rings is 1. The number of rotatable bonds is 5. The van der Waals surface area contributed by atoms with Gasteiger partial charge in [-0.05, 0) is 31.2 Å². The number of hydrogen-bond donors (Lipinski definition) is 1. The van der Waals surface area contributed by atoms with Gasteiger partial charge in [-0.2, -0.15) is 0 Å². The summed E-state index contributed by atoms with van der Waals surface area (Å²) >= 11 is 3.32. The van der Waals surface area contributed by atoms with E-state index in [2.05, 4.69) is 20.7 Å². The van der Waals surface area contributed by atoms with Crippen LogP contribution >= 0.6 is 15.9 Å². The molecule has 0 aliphatic carbocycles. The van der Waals surface area contributed by atoms with Gasteiger partial charge in [-0.25, -0.2) is 9.59 Å². The molecular formula is C15H16BrNO6. The van der Waals surface area contributed by atoms with Crippen LogP contribution < -0.4 is 10.1 Å². The Bertz CT molecular complexity index is 628. The van der Waals surface area contributed by atoms with Gasteiger partial charge in [0.25, 0.3) is 5.91 Å². The van der Waals surface area contributed by atoms with Crippen molar-refractivity contribution >= 4 is 40.0 Å². The molecule has 0 aliphatic heterocycles. The Hall–Kier alpha value is -2.35. The number of carbonyl (C=O) groups excluding carboxylic acids is 3. The number of methoxy groups -OCH3 is 2. The van der Waals surface area contributed by atoms with Crippen LogP contribution in [0.15, 0.2) is 28.7 Å². The van der Waals surface area contributed by atoms with Gasteiger partial charge < -0.3 is 14.2 Å². The van der Waals surface area contributed by atoms with Crippen molar-refractivity contribution in [1.29, 1.82) is 0 Å². The highest BCUT2D eigenvalue weighted by molar-refractivity contribution is 9.10. The Labute approximate surface area is 141 Å². The van der Waals surface area contributed by atoms with E-state index in [1.165, 1.54) is 20.1 Å². The lowest BCUT2D eigenvalue weighted by Gasteiger charge is -2.10. The topological polar surface area (TPSA) is 90.9 Å². The maximum Gasteiger partial charge on any atom is 0.413 e. The van der Waals surface area contributed by atoms with Crippen LogP contribution in [0.1, 0.15) is 12.5 Å². The second-order valence-electron chi connectivity index (χ2n) is 4.28. The SMILES string of the molecule is COC(=O)NC(=O)[C@@H](C)OC(=O)/C=C/c1cc(Br)ccc1OC. The summed E-state index contributed by atoms with van der Waals surface area (Å²) in [7, 11) is 2.63. The molecular weight excluding hydrogens is 370 g/mol. The molecule has 8 heteroatoms. The van der Waals surface area contributed by atoms with E-state index in [0.29, 0.717) is 11.3 Å². The Morgan fingerprint density at radius 3 is 2.57 bits per heavy atom. The molecule has 2 amide bonds. The monoisotopic (exact) mass is 385 g/mol. The van der Waals surface area contributed by atoms with Crippen molar-refractivity contribution in [2.24, 2.45) is 0 Å². The average Bonchev–Trinajstić information content (AvgIpc) is 2.52. The fourth-order valence-corrected chi connectivity index (χ4v) is 1.89. The molecule has 0 saturated heterocycles. The molecule has 23 heavy (non-hydrogen) atoms. The van der Waals surface area contributed by atoms with Crippen molar-refractivity contribution in [3.8, 4) is 5.75 Å². The minimum atomic E-state index is -1.14. The first-order valence-corrected chi connectivity index (χ1v) is 7.27. The van der Waals surface area contributed by atoms with E-state index in [0.717, 1.165) is 17.7 Å². The first-order valence-electron chi connectivity index (χ1n) is 6.48. The summed E-state index contributed by atoms with van der Waals surface area (Å²) in [5, 5.41) is 1.91. The number of nitrogens with one attached hydrogen (secondary N) is 1. The molecule has 0 aliphatic rings. The highest BCUT2D eigenvalue weighted by Crippen LogP contribution is 2.24. The molecule has 1 atom stereocenters. The van der Waals surface area contributed by atoms with Crippen LogP contribution in [0.25, 0.3) is 6.08 Å². The lowest BCUT2D eigenvalue weighted by atomic mass is 10.2. The highest BCUT2D eigenvalue weighted by atomic mass is 79.9. The van der Waals surface area contributed by atoms with Crippen molar-refractivity contribution in [2.75, 3.05) is 14.2 Å². The standard InChI is InChI=1S/C15H16BrNO6/c1-9(14(19)17-15(20)22-3)23-13(18)7-4-10-8-11(16)5-6-12(10)21-2/h4-9H,1-3H3,(H,17,19,20)/b7-4+/t9-/m1/s1. The van der Waals surface area contributed by atoms with Gasteiger partial charge in [0.15, 0.2) is 6.10 Å². The molecule has 0 fully saturated rings. The summed E-state index contributed by atoms with van der Waals surface area (Å²) in [5.74, 6) is -0.938. The Balaban J connectivity index is 2.67. The van der Waals surface area contributed by atoms with Crippen LogP contribution in [0.4, 0.5) is 4.79 Å². The lowest BCUT2D eigenvalue weighted by Crippen LogP contribution is -2.39. The molecule has 1 aromatic carbocycles. The van der Waals surface area contributed by atoms with E-state index < -0.39 is 24.1 Å². The molecule has 0 saturated carbocycles. The van der Waals surface area contributed by atoms with E-state index in [4.69, 9.17) is 9.47 Å². The summed E-state index contributed by atoms with van der Waals surface area (Å²) in [6.45, 7) is 1.34. The van der Waals surface area contributed by atoms with Gasteiger partial charge in [0.1, 0.15) is 5.75 Å². The van der Waals surface area contributed by atoms with Gasteiger partial charge in [-0.15, -0.1) is 0 Å². The largest absolute Gasteiger partial charge is 0.496 e. The summed E-state index contributed by atoms with van der Waals surface area (Å²) in [6, 6.07) is 5.30. The third kappa shape index (κ3) is 6.11. The number of carbonyl (C=O) groups is 3. The van der Waals surface area contributed by atoms with Gasteiger partial charge >= 0.3 is 12.1 Å². The van der Waals surface area contributed by atoms with Crippen LogP contribution in [0, 0.1) is 0 Å². The molecule has 0 radical (unpaired) electrons. The first-order chi connectivity index (χ1) is 10.9. The zero-order valence-corrected chi connectivity index (χ0v) is 14.4. The molecule has 1 N–H and O–H groups in total. The van der Waals surface area contributed by atoms with Crippen LogP contribution in [-0.2, 0) is 19.1 Å². The summed E-state index contributed by atoms with van der Waals surface area (Å²) in [4.78, 5) is 34.1. The molecule has 0 spiro atoms. The van der Waals surface area contributed by atoms with Crippen LogP contribution in [-0.4, -0.2) is 38.3 Å². The molecule has 0 unspecified atom stereocenters.